The zero-order valence-corrected chi connectivity index (χ0v) is 14.1. The number of hydrogen-bond acceptors (Lipinski definition) is 4. The Morgan fingerprint density at radius 1 is 1.20 bits per heavy atom. The van der Waals surface area contributed by atoms with Crippen LogP contribution >= 0.6 is 11.3 Å². The van der Waals surface area contributed by atoms with Crippen LogP contribution in [0.25, 0.3) is 21.7 Å². The number of pyridine rings is 1. The van der Waals surface area contributed by atoms with Crippen molar-refractivity contribution >= 4 is 17.5 Å². The van der Waals surface area contributed by atoms with Gasteiger partial charge in [-0.05, 0) is 41.5 Å². The lowest BCUT2D eigenvalue weighted by Crippen LogP contribution is -2.24. The van der Waals surface area contributed by atoms with Gasteiger partial charge in [-0.1, -0.05) is 30.3 Å². The van der Waals surface area contributed by atoms with E-state index in [4.69, 9.17) is 9.84 Å². The molecule has 0 atom stereocenters. The highest BCUT2D eigenvalue weighted by molar-refractivity contribution is 7.13. The van der Waals surface area contributed by atoms with Gasteiger partial charge in [0.1, 0.15) is 5.69 Å². The average molecular weight is 353 g/mol. The highest BCUT2D eigenvalue weighted by Gasteiger charge is 2.24. The monoisotopic (exact) mass is 353 g/mol. The van der Waals surface area contributed by atoms with E-state index in [9.17, 15) is 9.59 Å². The van der Waals surface area contributed by atoms with Crippen molar-refractivity contribution in [3.63, 3.8) is 0 Å². The van der Waals surface area contributed by atoms with Crippen LogP contribution < -0.4 is 10.3 Å². The van der Waals surface area contributed by atoms with E-state index >= 15 is 0 Å². The molecule has 5 nitrogen and oxygen atoms in total. The molecule has 0 amide bonds. The second-order valence-electron chi connectivity index (χ2n) is 5.84. The van der Waals surface area contributed by atoms with Gasteiger partial charge in [0.15, 0.2) is 5.75 Å². The molecule has 0 radical (unpaired) electrons. The molecule has 0 saturated heterocycles. The predicted octanol–water partition coefficient (Wildman–Crippen LogP) is 4.25. The third-order valence-electron chi connectivity index (χ3n) is 4.33. The Balaban J connectivity index is 2.03. The van der Waals surface area contributed by atoms with Crippen LogP contribution in [0.5, 0.6) is 5.75 Å². The van der Waals surface area contributed by atoms with Crippen LogP contribution in [0, 0.1) is 0 Å². The topological polar surface area (TPSA) is 68.5 Å². The Bertz CT molecular complexity index is 1000. The van der Waals surface area contributed by atoms with Gasteiger partial charge >= 0.3 is 6.16 Å². The molecule has 0 bridgehead atoms. The lowest BCUT2D eigenvalue weighted by molar-refractivity contribution is 0.144. The number of carbonyl (C=O) groups is 1. The number of aryl methyl sites for hydroxylation is 1. The van der Waals surface area contributed by atoms with Crippen LogP contribution in [0.4, 0.5) is 4.79 Å². The van der Waals surface area contributed by atoms with Gasteiger partial charge in [0.25, 0.3) is 5.56 Å². The first kappa shape index (κ1) is 15.7. The van der Waals surface area contributed by atoms with Gasteiger partial charge in [-0.15, -0.1) is 11.3 Å². The van der Waals surface area contributed by atoms with Crippen molar-refractivity contribution < 1.29 is 14.6 Å². The van der Waals surface area contributed by atoms with E-state index < -0.39 is 6.16 Å². The Morgan fingerprint density at radius 3 is 2.76 bits per heavy atom. The molecule has 1 aromatic carbocycles. The van der Waals surface area contributed by atoms with E-state index in [-0.39, 0.29) is 11.3 Å². The van der Waals surface area contributed by atoms with Crippen molar-refractivity contribution in [3.05, 3.63) is 63.8 Å². The van der Waals surface area contributed by atoms with Crippen LogP contribution in [0.15, 0.2) is 52.6 Å². The summed E-state index contributed by atoms with van der Waals surface area (Å²) in [5, 5.41) is 11.1. The number of carboxylic acid groups (broad SMARTS) is 1. The molecule has 3 heterocycles. The Morgan fingerprint density at radius 2 is 2.00 bits per heavy atom. The molecular formula is C19H15NO4S. The summed E-state index contributed by atoms with van der Waals surface area (Å²) in [6.07, 6.45) is 0.289. The fourth-order valence-corrected chi connectivity index (χ4v) is 4.27. The van der Waals surface area contributed by atoms with Gasteiger partial charge in [0.05, 0.1) is 10.4 Å². The number of thiophene rings is 1. The van der Waals surface area contributed by atoms with Crippen LogP contribution in [-0.4, -0.2) is 15.8 Å². The van der Waals surface area contributed by atoms with E-state index in [1.165, 1.54) is 11.3 Å². The summed E-state index contributed by atoms with van der Waals surface area (Å²) in [7, 11) is 0. The summed E-state index contributed by atoms with van der Waals surface area (Å²) in [4.78, 5) is 25.2. The van der Waals surface area contributed by atoms with E-state index in [0.29, 0.717) is 17.8 Å². The molecule has 1 aliphatic rings. The highest BCUT2D eigenvalue weighted by atomic mass is 32.1. The summed E-state index contributed by atoms with van der Waals surface area (Å²) in [5.41, 5.74) is 2.75. The SMILES string of the molecule is O=C(O)Oc1cc(-c2ccccc2)c(=O)n2c1-c1sccc1CCC2. The quantitative estimate of drug-likeness (QED) is 0.700. The molecular weight excluding hydrogens is 338 g/mol. The van der Waals surface area contributed by atoms with Crippen molar-refractivity contribution in [2.45, 2.75) is 19.4 Å². The molecule has 4 rings (SSSR count). The molecule has 1 N–H and O–H groups in total. The van der Waals surface area contributed by atoms with Crippen LogP contribution in [-0.2, 0) is 13.0 Å². The molecule has 0 spiro atoms. The number of aromatic nitrogens is 1. The van der Waals surface area contributed by atoms with E-state index in [1.54, 1.807) is 10.6 Å². The first-order chi connectivity index (χ1) is 12.1. The molecule has 25 heavy (non-hydrogen) atoms. The highest BCUT2D eigenvalue weighted by Crippen LogP contribution is 2.39. The van der Waals surface area contributed by atoms with E-state index in [2.05, 4.69) is 0 Å². The van der Waals surface area contributed by atoms with Crippen molar-refractivity contribution in [1.82, 2.24) is 4.57 Å². The minimum Gasteiger partial charge on any atom is -0.449 e. The molecule has 3 aromatic rings. The van der Waals surface area contributed by atoms with Crippen LogP contribution in [0.2, 0.25) is 0 Å². The molecule has 2 aromatic heterocycles. The van der Waals surface area contributed by atoms with Gasteiger partial charge in [0.2, 0.25) is 0 Å². The number of rotatable bonds is 2. The maximum Gasteiger partial charge on any atom is 0.511 e. The number of benzene rings is 1. The van der Waals surface area contributed by atoms with Crippen molar-refractivity contribution in [2.75, 3.05) is 0 Å². The molecule has 1 aliphatic heterocycles. The summed E-state index contributed by atoms with van der Waals surface area (Å²) < 4.78 is 6.73. The van der Waals surface area contributed by atoms with E-state index in [1.807, 2.05) is 41.8 Å². The number of hydrogen-bond donors (Lipinski definition) is 1. The smallest absolute Gasteiger partial charge is 0.449 e. The number of fused-ring (bicyclic) bond motifs is 3. The van der Waals surface area contributed by atoms with Gasteiger partial charge < -0.3 is 14.4 Å². The first-order valence-electron chi connectivity index (χ1n) is 7.96. The molecule has 0 fully saturated rings. The molecule has 6 heteroatoms. The molecule has 126 valence electrons. The zero-order chi connectivity index (χ0) is 17.4. The zero-order valence-electron chi connectivity index (χ0n) is 13.3. The fourth-order valence-electron chi connectivity index (χ4n) is 3.25. The summed E-state index contributed by atoms with van der Waals surface area (Å²) in [5.74, 6) is 0.205. The second kappa shape index (κ2) is 6.22. The van der Waals surface area contributed by atoms with Crippen molar-refractivity contribution in [3.8, 4) is 27.4 Å². The third kappa shape index (κ3) is 2.74. The molecule has 0 unspecified atom stereocenters. The maximum absolute atomic E-state index is 13.1. The largest absolute Gasteiger partial charge is 0.511 e. The minimum absolute atomic E-state index is 0.125. The lowest BCUT2D eigenvalue weighted by Gasteiger charge is -2.16. The van der Waals surface area contributed by atoms with Gasteiger partial charge in [-0.25, -0.2) is 4.79 Å². The van der Waals surface area contributed by atoms with E-state index in [0.717, 1.165) is 28.8 Å². The first-order valence-corrected chi connectivity index (χ1v) is 8.84. The number of ether oxygens (including phenoxy) is 1. The summed E-state index contributed by atoms with van der Waals surface area (Å²) in [6, 6.07) is 12.8. The van der Waals surface area contributed by atoms with Crippen molar-refractivity contribution in [2.24, 2.45) is 0 Å². The lowest BCUT2D eigenvalue weighted by atomic mass is 10.1. The Hall–Kier alpha value is -2.86. The molecule has 0 saturated carbocycles. The van der Waals surface area contributed by atoms with Gasteiger partial charge in [-0.3, -0.25) is 4.79 Å². The predicted molar refractivity (Wildman–Crippen MR) is 96.4 cm³/mol. The van der Waals surface area contributed by atoms with Crippen LogP contribution in [0.1, 0.15) is 12.0 Å². The Labute approximate surface area is 147 Å². The third-order valence-corrected chi connectivity index (χ3v) is 5.29. The van der Waals surface area contributed by atoms with Crippen molar-refractivity contribution in [1.29, 1.82) is 0 Å². The maximum atomic E-state index is 13.1. The normalized spacial score (nSPS) is 12.8. The Kier molecular flexibility index (Phi) is 3.89. The van der Waals surface area contributed by atoms with Gasteiger partial charge in [-0.2, -0.15) is 0 Å². The fraction of sp³-hybridized carbons (Fsp3) is 0.158. The number of nitrogens with zero attached hydrogens (tertiary/aromatic N) is 1. The minimum atomic E-state index is -1.39. The second-order valence-corrected chi connectivity index (χ2v) is 6.76. The average Bonchev–Trinajstić information content (AvgIpc) is 2.98. The standard InChI is InChI=1S/C19H15NO4S/c21-18-14(12-5-2-1-3-6-12)11-15(24-19(22)23)16-17-13(8-10-25-17)7-4-9-20(16)18/h1-3,5-6,8,10-11H,4,7,9H2,(H,22,23). The summed E-state index contributed by atoms with van der Waals surface area (Å²) >= 11 is 1.50. The van der Waals surface area contributed by atoms with Crippen LogP contribution in [0.3, 0.4) is 0 Å². The summed E-state index contributed by atoms with van der Waals surface area (Å²) in [6.45, 7) is 0.534. The molecule has 0 aliphatic carbocycles. The van der Waals surface area contributed by atoms with Gasteiger partial charge in [0, 0.05) is 6.54 Å².